The van der Waals surface area contributed by atoms with Crippen molar-refractivity contribution in [3.8, 4) is 5.75 Å². The predicted octanol–water partition coefficient (Wildman–Crippen LogP) is 3.61. The molecule has 0 saturated heterocycles. The van der Waals surface area contributed by atoms with Crippen molar-refractivity contribution in [1.29, 1.82) is 0 Å². The van der Waals surface area contributed by atoms with Crippen LogP contribution in [-0.4, -0.2) is 57.3 Å². The van der Waals surface area contributed by atoms with E-state index in [4.69, 9.17) is 9.47 Å². The van der Waals surface area contributed by atoms with Gasteiger partial charge >= 0.3 is 0 Å². The lowest BCUT2D eigenvalue weighted by Gasteiger charge is -2.22. The van der Waals surface area contributed by atoms with Crippen LogP contribution in [0.1, 0.15) is 51.2 Å². The van der Waals surface area contributed by atoms with Crippen molar-refractivity contribution in [1.82, 2.24) is 10.2 Å². The molecule has 1 N–H and O–H groups in total. The third-order valence-corrected chi connectivity index (χ3v) is 5.07. The van der Waals surface area contributed by atoms with Crippen molar-refractivity contribution < 1.29 is 14.3 Å². The monoisotopic (exact) mass is 378 g/mol. The number of aryl methyl sites for hydroxylation is 1. The average molecular weight is 379 g/mol. The van der Waals surface area contributed by atoms with Crippen LogP contribution in [0, 0.1) is 12.8 Å². The minimum Gasteiger partial charge on any atom is -0.496 e. The van der Waals surface area contributed by atoms with Crippen molar-refractivity contribution in [3.63, 3.8) is 0 Å². The molecule has 0 heterocycles. The molecule has 0 radical (unpaired) electrons. The van der Waals surface area contributed by atoms with Crippen molar-refractivity contribution in [2.45, 2.75) is 47.0 Å². The van der Waals surface area contributed by atoms with Gasteiger partial charge in [-0.25, -0.2) is 0 Å². The van der Waals surface area contributed by atoms with Gasteiger partial charge in [0.05, 0.1) is 20.3 Å². The highest BCUT2D eigenvalue weighted by Crippen LogP contribution is 2.31. The van der Waals surface area contributed by atoms with Gasteiger partial charge < -0.3 is 19.7 Å². The summed E-state index contributed by atoms with van der Waals surface area (Å²) in [7, 11) is 1.68. The third-order valence-electron chi connectivity index (χ3n) is 5.07. The molecule has 1 aromatic carbocycles. The smallest absolute Gasteiger partial charge is 0.220 e. The van der Waals surface area contributed by atoms with Crippen molar-refractivity contribution in [3.05, 3.63) is 29.3 Å². The first kappa shape index (κ1) is 23.4. The Balaban J connectivity index is 2.42. The first-order valence-corrected chi connectivity index (χ1v) is 10.1. The van der Waals surface area contributed by atoms with Gasteiger partial charge in [0.15, 0.2) is 0 Å². The molecular formula is C22H38N2O3. The second-order valence-corrected chi connectivity index (χ2v) is 7.27. The minimum atomic E-state index is 0.0783. The summed E-state index contributed by atoms with van der Waals surface area (Å²) in [6.07, 6.45) is 0.489. The molecule has 1 aromatic rings. The van der Waals surface area contributed by atoms with E-state index in [1.165, 1.54) is 5.56 Å². The number of nitrogens with zero attached hydrogens (tertiary/aromatic N) is 1. The molecule has 154 valence electrons. The number of nitrogens with one attached hydrogen (secondary N) is 1. The zero-order chi connectivity index (χ0) is 20.2. The Morgan fingerprint density at radius 2 is 1.89 bits per heavy atom. The SMILES string of the molecule is CCN(CC)CCOCCNC(=O)CC(c1ccc(OC)c(C)c1)C(C)C. The lowest BCUT2D eigenvalue weighted by atomic mass is 9.85. The van der Waals surface area contributed by atoms with Crippen molar-refractivity contribution >= 4 is 5.91 Å². The largest absolute Gasteiger partial charge is 0.496 e. The molecule has 0 spiro atoms. The highest BCUT2D eigenvalue weighted by atomic mass is 16.5. The molecule has 0 aliphatic rings. The summed E-state index contributed by atoms with van der Waals surface area (Å²) in [5.74, 6) is 1.54. The van der Waals surface area contributed by atoms with Gasteiger partial charge in [-0.05, 0) is 49.0 Å². The van der Waals surface area contributed by atoms with Crippen molar-refractivity contribution in [2.75, 3.05) is 46.5 Å². The molecular weight excluding hydrogens is 340 g/mol. The Kier molecular flexibility index (Phi) is 11.1. The molecule has 1 amide bonds. The van der Waals surface area contributed by atoms with E-state index in [0.717, 1.165) is 30.9 Å². The molecule has 0 aliphatic carbocycles. The van der Waals surface area contributed by atoms with Crippen molar-refractivity contribution in [2.24, 2.45) is 5.92 Å². The number of amides is 1. The first-order valence-electron chi connectivity index (χ1n) is 10.1. The van der Waals surface area contributed by atoms with E-state index in [2.05, 4.69) is 50.0 Å². The zero-order valence-corrected chi connectivity index (χ0v) is 18.0. The Labute approximate surface area is 165 Å². The molecule has 1 rings (SSSR count). The normalized spacial score (nSPS) is 12.4. The van der Waals surface area contributed by atoms with Gasteiger partial charge in [0.25, 0.3) is 0 Å². The lowest BCUT2D eigenvalue weighted by Crippen LogP contribution is -2.31. The number of benzene rings is 1. The fraction of sp³-hybridized carbons (Fsp3) is 0.682. The second-order valence-electron chi connectivity index (χ2n) is 7.27. The molecule has 1 atom stereocenters. The Hall–Kier alpha value is -1.59. The van der Waals surface area contributed by atoms with E-state index < -0.39 is 0 Å². The number of likely N-dealkylation sites (N-methyl/N-ethyl adjacent to an activating group) is 1. The van der Waals surface area contributed by atoms with Gasteiger partial charge in [-0.15, -0.1) is 0 Å². The second kappa shape index (κ2) is 12.7. The maximum atomic E-state index is 12.4. The molecule has 0 aromatic heterocycles. The minimum absolute atomic E-state index is 0.0783. The Bertz CT molecular complexity index is 556. The predicted molar refractivity (Wildman–Crippen MR) is 112 cm³/mol. The summed E-state index contributed by atoms with van der Waals surface area (Å²) >= 11 is 0. The highest BCUT2D eigenvalue weighted by molar-refractivity contribution is 5.76. The quantitative estimate of drug-likeness (QED) is 0.533. The molecule has 1 unspecified atom stereocenters. The van der Waals surface area contributed by atoms with Crippen LogP contribution >= 0.6 is 0 Å². The van der Waals surface area contributed by atoms with Gasteiger partial charge in [0.2, 0.25) is 5.91 Å². The van der Waals surface area contributed by atoms with Gasteiger partial charge in [-0.3, -0.25) is 4.79 Å². The number of methoxy groups -OCH3 is 1. The first-order chi connectivity index (χ1) is 12.9. The third kappa shape index (κ3) is 8.31. The Morgan fingerprint density at radius 3 is 2.44 bits per heavy atom. The standard InChI is InChI=1S/C22H38N2O3/c1-7-24(8-2)12-14-27-13-11-23-22(25)16-20(17(3)4)19-9-10-21(26-6)18(5)15-19/h9-10,15,17,20H,7-8,11-14,16H2,1-6H3,(H,23,25). The lowest BCUT2D eigenvalue weighted by molar-refractivity contribution is -0.121. The van der Waals surface area contributed by atoms with Crippen LogP contribution in [-0.2, 0) is 9.53 Å². The van der Waals surface area contributed by atoms with E-state index in [1.807, 2.05) is 13.0 Å². The Morgan fingerprint density at radius 1 is 1.19 bits per heavy atom. The van der Waals surface area contributed by atoms with E-state index in [1.54, 1.807) is 7.11 Å². The summed E-state index contributed by atoms with van der Waals surface area (Å²) in [5, 5.41) is 2.99. The van der Waals surface area contributed by atoms with E-state index in [9.17, 15) is 4.79 Å². The van der Waals surface area contributed by atoms with E-state index in [-0.39, 0.29) is 11.8 Å². The fourth-order valence-electron chi connectivity index (χ4n) is 3.24. The maximum Gasteiger partial charge on any atom is 0.220 e. The molecule has 0 bridgehead atoms. The molecule has 5 nitrogen and oxygen atoms in total. The van der Waals surface area contributed by atoms with Crippen LogP contribution in [0.3, 0.4) is 0 Å². The summed E-state index contributed by atoms with van der Waals surface area (Å²) < 4.78 is 11.0. The highest BCUT2D eigenvalue weighted by Gasteiger charge is 2.20. The summed E-state index contributed by atoms with van der Waals surface area (Å²) in [6.45, 7) is 15.5. The fourth-order valence-corrected chi connectivity index (χ4v) is 3.24. The molecule has 0 fully saturated rings. The van der Waals surface area contributed by atoms with Crippen LogP contribution in [0.25, 0.3) is 0 Å². The summed E-state index contributed by atoms with van der Waals surface area (Å²) in [5.41, 5.74) is 2.29. The number of rotatable bonds is 13. The van der Waals surface area contributed by atoms with E-state index >= 15 is 0 Å². The number of carbonyl (C=O) groups excluding carboxylic acids is 1. The molecule has 5 heteroatoms. The van der Waals surface area contributed by atoms with Crippen LogP contribution in [0.4, 0.5) is 0 Å². The molecule has 27 heavy (non-hydrogen) atoms. The van der Waals surface area contributed by atoms with Gasteiger partial charge in [-0.1, -0.05) is 39.8 Å². The summed E-state index contributed by atoms with van der Waals surface area (Å²) in [6, 6.07) is 6.19. The van der Waals surface area contributed by atoms with Crippen LogP contribution in [0.5, 0.6) is 5.75 Å². The van der Waals surface area contributed by atoms with Gasteiger partial charge in [0, 0.05) is 19.5 Å². The molecule has 0 saturated carbocycles. The number of hydrogen-bond acceptors (Lipinski definition) is 4. The zero-order valence-electron chi connectivity index (χ0n) is 18.0. The maximum absolute atomic E-state index is 12.4. The summed E-state index contributed by atoms with van der Waals surface area (Å²) in [4.78, 5) is 14.7. The van der Waals surface area contributed by atoms with Crippen LogP contribution in [0.15, 0.2) is 18.2 Å². The van der Waals surface area contributed by atoms with Crippen LogP contribution in [0.2, 0.25) is 0 Å². The number of hydrogen-bond donors (Lipinski definition) is 1. The van der Waals surface area contributed by atoms with Crippen LogP contribution < -0.4 is 10.1 Å². The van der Waals surface area contributed by atoms with E-state index in [0.29, 0.717) is 32.1 Å². The number of carbonyl (C=O) groups is 1. The van der Waals surface area contributed by atoms with Gasteiger partial charge in [0.1, 0.15) is 5.75 Å². The molecule has 0 aliphatic heterocycles. The number of ether oxygens (including phenoxy) is 2. The average Bonchev–Trinajstić information content (AvgIpc) is 2.65. The van der Waals surface area contributed by atoms with Gasteiger partial charge in [-0.2, -0.15) is 0 Å². The topological polar surface area (TPSA) is 50.8 Å².